The van der Waals surface area contributed by atoms with E-state index in [9.17, 15) is 31.5 Å². The first-order valence-corrected chi connectivity index (χ1v) is 19.0. The van der Waals surface area contributed by atoms with E-state index < -0.39 is 31.0 Å². The van der Waals surface area contributed by atoms with Crippen LogP contribution in [0.4, 0.5) is 22.7 Å². The molecule has 2 aromatic heterocycles. The third-order valence-corrected chi connectivity index (χ3v) is 9.66. The van der Waals surface area contributed by atoms with Crippen LogP contribution in [-0.4, -0.2) is 54.0 Å². The van der Waals surface area contributed by atoms with Crippen LogP contribution in [0.2, 0.25) is 0 Å². The van der Waals surface area contributed by atoms with Crippen LogP contribution in [0.1, 0.15) is 11.4 Å². The molecule has 0 saturated carbocycles. The summed E-state index contributed by atoms with van der Waals surface area (Å²) in [6.45, 7) is 3.37. The minimum absolute atomic E-state index is 0. The topological polar surface area (TPSA) is 241 Å². The summed E-state index contributed by atoms with van der Waals surface area (Å²) < 4.78 is 49.2. The van der Waals surface area contributed by atoms with Crippen molar-refractivity contribution in [2.45, 2.75) is 23.6 Å². The van der Waals surface area contributed by atoms with Crippen molar-refractivity contribution in [2.75, 3.05) is 12.5 Å². The van der Waals surface area contributed by atoms with Crippen molar-refractivity contribution in [2.24, 2.45) is 15.3 Å². The number of hydrogen-bond donors (Lipinski definition) is 3. The Morgan fingerprint density at radius 1 is 0.679 bits per heavy atom. The first-order chi connectivity index (χ1) is 24.5. The molecule has 0 fully saturated rings. The molecule has 53 heavy (non-hydrogen) atoms. The summed E-state index contributed by atoms with van der Waals surface area (Å²) >= 11 is 0. The number of aromatic amines is 2. The van der Waals surface area contributed by atoms with Crippen LogP contribution in [0.5, 0.6) is 11.5 Å². The minimum Gasteiger partial charge on any atom is -0.871 e. The number of benzene rings is 4. The smallest absolute Gasteiger partial charge is 0.345 e. The molecule has 0 atom stereocenters. The zero-order valence-corrected chi connectivity index (χ0v) is 31.2. The van der Waals surface area contributed by atoms with Gasteiger partial charge in [-0.05, 0) is 62.4 Å². The SMILES string of the molecule is Cc1[nH]n(-c2ccccc2)c(=O)c1N=Nc1cc(S(C)(=O)=O)ccc1[O-].Cc1[nH]n(-c2ccccc2)c(=O)c1[NH+]=Nc1cc(S(C)(=O)=O)ccc1[OH2+].[Co]. The summed E-state index contributed by atoms with van der Waals surface area (Å²) in [7, 11) is -6.90. The van der Waals surface area contributed by atoms with Gasteiger partial charge < -0.3 is 10.2 Å². The van der Waals surface area contributed by atoms with Crippen molar-refractivity contribution >= 4 is 42.4 Å². The fourth-order valence-electron chi connectivity index (χ4n) is 4.71. The van der Waals surface area contributed by atoms with Gasteiger partial charge in [0.25, 0.3) is 11.3 Å². The minimum atomic E-state index is -3.49. The second kappa shape index (κ2) is 16.2. The predicted octanol–water partition coefficient (Wildman–Crippen LogP) is 3.18. The van der Waals surface area contributed by atoms with Gasteiger partial charge in [-0.3, -0.25) is 19.8 Å². The first-order valence-electron chi connectivity index (χ1n) is 15.2. The van der Waals surface area contributed by atoms with Gasteiger partial charge in [0, 0.05) is 40.5 Å². The molecule has 4 aromatic carbocycles. The second-order valence-corrected chi connectivity index (χ2v) is 15.5. The number of para-hydroxylation sites is 2. The van der Waals surface area contributed by atoms with E-state index >= 15 is 0 Å². The Labute approximate surface area is 313 Å². The van der Waals surface area contributed by atoms with Gasteiger partial charge in [-0.1, -0.05) is 53.3 Å². The molecule has 5 N–H and O–H groups in total. The van der Waals surface area contributed by atoms with Gasteiger partial charge >= 0.3 is 11.2 Å². The average Bonchev–Trinajstić information content (AvgIpc) is 3.56. The molecule has 0 bridgehead atoms. The summed E-state index contributed by atoms with van der Waals surface area (Å²) in [6.07, 6.45) is 2.11. The Morgan fingerprint density at radius 2 is 1.17 bits per heavy atom. The number of aryl methyl sites for hydroxylation is 2. The third-order valence-electron chi connectivity index (χ3n) is 7.44. The molecule has 6 aromatic rings. The number of nitrogens with zero attached hydrogens (tertiary/aromatic N) is 5. The average molecular weight is 805 g/mol. The van der Waals surface area contributed by atoms with Crippen LogP contribution < -0.4 is 21.3 Å². The van der Waals surface area contributed by atoms with Gasteiger partial charge in [-0.25, -0.2) is 26.2 Å². The van der Waals surface area contributed by atoms with Crippen LogP contribution in [0.15, 0.2) is 132 Å². The van der Waals surface area contributed by atoms with Gasteiger partial charge in [-0.15, -0.1) is 5.11 Å². The molecule has 0 saturated heterocycles. The molecule has 6 rings (SSSR count). The molecule has 0 amide bonds. The molecule has 0 spiro atoms. The number of sulfone groups is 2. The zero-order chi connectivity index (χ0) is 37.8. The summed E-state index contributed by atoms with van der Waals surface area (Å²) in [6, 6.07) is 25.4. The van der Waals surface area contributed by atoms with Crippen molar-refractivity contribution in [3.63, 3.8) is 0 Å². The summed E-state index contributed by atoms with van der Waals surface area (Å²) in [5, 5.41) is 39.9. The van der Waals surface area contributed by atoms with E-state index in [-0.39, 0.29) is 60.6 Å². The number of H-pyrrole nitrogens is 2. The van der Waals surface area contributed by atoms with Gasteiger partial charge in [0.1, 0.15) is 5.69 Å². The molecule has 1 radical (unpaired) electrons. The number of hydrogen-bond acceptors (Lipinski definition) is 10. The molecule has 0 aliphatic carbocycles. The Morgan fingerprint density at radius 3 is 1.72 bits per heavy atom. The maximum atomic E-state index is 12.6. The standard InChI is InChI=1S/2C17H16N4O4S.Co/c2*1-11-16(17(23)21(20-11)12-6-4-3-5-7-12)19-18-14-10-13(26(2,24)25)8-9-15(14)22;/h2*3-10,20,22H,1-2H3;/p+1. The van der Waals surface area contributed by atoms with Gasteiger partial charge in [0.15, 0.2) is 25.4 Å². The van der Waals surface area contributed by atoms with Crippen molar-refractivity contribution in [1.29, 1.82) is 0 Å². The van der Waals surface area contributed by atoms with Gasteiger partial charge in [0.05, 0.1) is 32.5 Å². The maximum absolute atomic E-state index is 12.6. The molecule has 277 valence electrons. The molecular weight excluding hydrogens is 771 g/mol. The fourth-order valence-corrected chi connectivity index (χ4v) is 5.99. The van der Waals surface area contributed by atoms with Gasteiger partial charge in [-0.2, -0.15) is 5.11 Å². The van der Waals surface area contributed by atoms with Crippen molar-refractivity contribution in [3.05, 3.63) is 129 Å². The molecule has 16 nitrogen and oxygen atoms in total. The zero-order valence-electron chi connectivity index (χ0n) is 28.5. The Hall–Kier alpha value is -5.89. The number of nitrogens with one attached hydrogen (secondary N) is 3. The summed E-state index contributed by atoms with van der Waals surface area (Å²) in [5.74, 6) is -0.445. The Balaban J connectivity index is 0.000000232. The van der Waals surface area contributed by atoms with Crippen LogP contribution in [0.3, 0.4) is 0 Å². The van der Waals surface area contributed by atoms with Crippen molar-refractivity contribution in [1.82, 2.24) is 19.6 Å². The largest absolute Gasteiger partial charge is 0.871 e. The van der Waals surface area contributed by atoms with Crippen molar-refractivity contribution < 1.29 is 48.9 Å². The van der Waals surface area contributed by atoms with E-state index in [2.05, 4.69) is 30.7 Å². The third kappa shape index (κ3) is 9.32. The van der Waals surface area contributed by atoms with Crippen LogP contribution in [0.25, 0.3) is 11.4 Å². The Kier molecular flexibility index (Phi) is 12.2. The van der Waals surface area contributed by atoms with Gasteiger partial charge in [0.2, 0.25) is 5.69 Å². The van der Waals surface area contributed by atoms with Crippen LogP contribution >= 0.6 is 0 Å². The number of aromatic nitrogens is 4. The van der Waals surface area contributed by atoms with E-state index in [4.69, 9.17) is 5.11 Å². The van der Waals surface area contributed by atoms with E-state index in [1.165, 1.54) is 33.6 Å². The predicted molar refractivity (Wildman–Crippen MR) is 191 cm³/mol. The van der Waals surface area contributed by atoms with E-state index in [1.54, 1.807) is 50.2 Å². The van der Waals surface area contributed by atoms with E-state index in [0.29, 0.717) is 22.8 Å². The molecule has 0 aliphatic rings. The van der Waals surface area contributed by atoms with E-state index in [1.807, 2.05) is 24.3 Å². The van der Waals surface area contributed by atoms with Crippen molar-refractivity contribution in [3.8, 4) is 22.9 Å². The van der Waals surface area contributed by atoms with Crippen LogP contribution in [0, 0.1) is 13.8 Å². The summed E-state index contributed by atoms with van der Waals surface area (Å²) in [5.41, 5.74) is 1.81. The number of rotatable bonds is 8. The normalized spacial score (nSPS) is 11.7. The molecular formula is C34H33CoN8O8S2+. The second-order valence-electron chi connectivity index (χ2n) is 11.4. The van der Waals surface area contributed by atoms with E-state index in [0.717, 1.165) is 24.6 Å². The van der Waals surface area contributed by atoms with Crippen LogP contribution in [-0.2, 0) is 36.5 Å². The summed E-state index contributed by atoms with van der Waals surface area (Å²) in [4.78, 5) is 25.1. The molecule has 0 aliphatic heterocycles. The number of azo groups is 2. The maximum Gasteiger partial charge on any atom is 0.345 e. The molecule has 0 unspecified atom stereocenters. The monoisotopic (exact) mass is 804 g/mol. The molecule has 2 heterocycles. The Bertz CT molecular complexity index is 2480. The first kappa shape index (κ1) is 39.9. The molecule has 19 heteroatoms. The fraction of sp³-hybridized carbons (Fsp3) is 0.118. The quantitative estimate of drug-likeness (QED) is 0.153.